The summed E-state index contributed by atoms with van der Waals surface area (Å²) < 4.78 is 11.0. The summed E-state index contributed by atoms with van der Waals surface area (Å²) in [4.78, 5) is 26.8. The van der Waals surface area contributed by atoms with Gasteiger partial charge in [-0.15, -0.1) is 0 Å². The van der Waals surface area contributed by atoms with Crippen LogP contribution in [0.2, 0.25) is 0 Å². The quantitative estimate of drug-likeness (QED) is 0.666. The predicted molar refractivity (Wildman–Crippen MR) is 111 cm³/mol. The number of rotatable bonds is 7. The molecule has 2 aromatic carbocycles. The molecule has 0 amide bonds. The summed E-state index contributed by atoms with van der Waals surface area (Å²) in [6.07, 6.45) is 1.04. The summed E-state index contributed by atoms with van der Waals surface area (Å²) in [6, 6.07) is 19.7. The van der Waals surface area contributed by atoms with Gasteiger partial charge in [0.15, 0.2) is 0 Å². The van der Waals surface area contributed by atoms with E-state index in [-0.39, 0.29) is 18.0 Å². The van der Waals surface area contributed by atoms with Crippen molar-refractivity contribution in [3.63, 3.8) is 0 Å². The number of likely N-dealkylation sites (tertiary alicyclic amines) is 1. The van der Waals surface area contributed by atoms with E-state index in [2.05, 4.69) is 4.90 Å². The van der Waals surface area contributed by atoms with Gasteiger partial charge in [-0.25, -0.2) is 0 Å². The van der Waals surface area contributed by atoms with Crippen LogP contribution in [0.25, 0.3) is 0 Å². The number of ether oxygens (including phenoxy) is 2. The van der Waals surface area contributed by atoms with Crippen molar-refractivity contribution in [2.24, 2.45) is 0 Å². The molecular formula is C24H29NO4. The zero-order valence-electron chi connectivity index (χ0n) is 17.2. The second-order valence-corrected chi connectivity index (χ2v) is 7.48. The summed E-state index contributed by atoms with van der Waals surface area (Å²) in [6.45, 7) is 5.73. The minimum atomic E-state index is -0.614. The lowest BCUT2D eigenvalue weighted by molar-refractivity contribution is -0.152. The Kier molecular flexibility index (Phi) is 7.04. The van der Waals surface area contributed by atoms with Gasteiger partial charge in [0.25, 0.3) is 0 Å². The highest BCUT2D eigenvalue weighted by molar-refractivity contribution is 5.83. The van der Waals surface area contributed by atoms with Crippen molar-refractivity contribution >= 4 is 11.9 Å². The van der Waals surface area contributed by atoms with Crippen molar-refractivity contribution < 1.29 is 19.1 Å². The fourth-order valence-corrected chi connectivity index (χ4v) is 4.07. The normalized spacial score (nSPS) is 17.3. The molecule has 1 aliphatic heterocycles. The molecule has 0 N–H and O–H groups in total. The number of carbonyl (C=O) groups excluding carboxylic acids is 2. The average molecular weight is 395 g/mol. The van der Waals surface area contributed by atoms with Crippen molar-refractivity contribution in [3.8, 4) is 0 Å². The monoisotopic (exact) mass is 395 g/mol. The SMILES string of the molecule is CCOC(=O)C1(c2ccccc2)CCN(CC(OC(C)=O)c2ccccc2)CC1. The van der Waals surface area contributed by atoms with Crippen LogP contribution >= 0.6 is 0 Å². The van der Waals surface area contributed by atoms with E-state index >= 15 is 0 Å². The second kappa shape index (κ2) is 9.70. The minimum absolute atomic E-state index is 0.148. The fraction of sp³-hybridized carbons (Fsp3) is 0.417. The van der Waals surface area contributed by atoms with Crippen LogP contribution in [0.3, 0.4) is 0 Å². The van der Waals surface area contributed by atoms with E-state index in [4.69, 9.17) is 9.47 Å². The van der Waals surface area contributed by atoms with E-state index in [1.165, 1.54) is 6.92 Å². The van der Waals surface area contributed by atoms with E-state index in [1.807, 2.05) is 67.6 Å². The van der Waals surface area contributed by atoms with Crippen molar-refractivity contribution in [1.82, 2.24) is 4.90 Å². The maximum absolute atomic E-state index is 12.9. The molecule has 1 heterocycles. The molecule has 0 spiro atoms. The Labute approximate surface area is 172 Å². The molecule has 1 unspecified atom stereocenters. The lowest BCUT2D eigenvalue weighted by Crippen LogP contribution is -2.49. The first-order chi connectivity index (χ1) is 14.0. The first-order valence-corrected chi connectivity index (χ1v) is 10.2. The molecule has 3 rings (SSSR count). The van der Waals surface area contributed by atoms with Crippen LogP contribution in [-0.2, 0) is 24.5 Å². The summed E-state index contributed by atoms with van der Waals surface area (Å²) in [5.74, 6) is -0.438. The van der Waals surface area contributed by atoms with Crippen LogP contribution in [0.1, 0.15) is 43.9 Å². The highest BCUT2D eigenvalue weighted by atomic mass is 16.5. The van der Waals surface area contributed by atoms with Gasteiger partial charge >= 0.3 is 11.9 Å². The Morgan fingerprint density at radius 3 is 2.14 bits per heavy atom. The van der Waals surface area contributed by atoms with Crippen molar-refractivity contribution in [1.29, 1.82) is 0 Å². The number of hydrogen-bond donors (Lipinski definition) is 0. The first-order valence-electron chi connectivity index (χ1n) is 10.2. The molecule has 0 aromatic heterocycles. The zero-order chi connectivity index (χ0) is 20.7. The Balaban J connectivity index is 1.74. The van der Waals surface area contributed by atoms with Gasteiger partial charge in [0.1, 0.15) is 6.10 Å². The summed E-state index contributed by atoms with van der Waals surface area (Å²) in [5, 5.41) is 0. The lowest BCUT2D eigenvalue weighted by atomic mass is 9.72. The third-order valence-electron chi connectivity index (χ3n) is 5.61. The molecule has 1 saturated heterocycles. The van der Waals surface area contributed by atoms with E-state index in [9.17, 15) is 9.59 Å². The van der Waals surface area contributed by atoms with Gasteiger partial charge in [-0.05, 0) is 44.0 Å². The van der Waals surface area contributed by atoms with Crippen molar-refractivity contribution in [2.45, 2.75) is 38.2 Å². The highest BCUT2D eigenvalue weighted by Gasteiger charge is 2.44. The van der Waals surface area contributed by atoms with Gasteiger partial charge in [0.05, 0.1) is 12.0 Å². The average Bonchev–Trinajstić information content (AvgIpc) is 2.75. The number of hydrogen-bond acceptors (Lipinski definition) is 5. The zero-order valence-corrected chi connectivity index (χ0v) is 17.2. The number of carbonyl (C=O) groups is 2. The van der Waals surface area contributed by atoms with Gasteiger partial charge in [-0.2, -0.15) is 0 Å². The molecule has 0 aliphatic carbocycles. The number of nitrogens with zero attached hydrogens (tertiary/aromatic N) is 1. The minimum Gasteiger partial charge on any atom is -0.465 e. The van der Waals surface area contributed by atoms with E-state index in [1.54, 1.807) is 0 Å². The Morgan fingerprint density at radius 1 is 1.00 bits per heavy atom. The van der Waals surface area contributed by atoms with Crippen molar-refractivity contribution in [3.05, 3.63) is 71.8 Å². The van der Waals surface area contributed by atoms with Crippen LogP contribution in [0.5, 0.6) is 0 Å². The fourth-order valence-electron chi connectivity index (χ4n) is 4.07. The lowest BCUT2D eigenvalue weighted by Gasteiger charge is -2.41. The topological polar surface area (TPSA) is 55.8 Å². The van der Waals surface area contributed by atoms with Gasteiger partial charge in [-0.1, -0.05) is 60.7 Å². The van der Waals surface area contributed by atoms with E-state index in [0.29, 0.717) is 26.0 Å². The first kappa shape index (κ1) is 21.1. The maximum atomic E-state index is 12.9. The van der Waals surface area contributed by atoms with Crippen LogP contribution in [0.15, 0.2) is 60.7 Å². The number of benzene rings is 2. The predicted octanol–water partition coefficient (Wildman–Crippen LogP) is 3.89. The summed E-state index contributed by atoms with van der Waals surface area (Å²) in [5.41, 5.74) is 1.38. The molecular weight excluding hydrogens is 366 g/mol. The Hall–Kier alpha value is -2.66. The molecule has 5 nitrogen and oxygen atoms in total. The summed E-state index contributed by atoms with van der Waals surface area (Å²) >= 11 is 0. The van der Waals surface area contributed by atoms with Gasteiger partial charge in [0, 0.05) is 13.5 Å². The van der Waals surface area contributed by atoms with Gasteiger partial charge < -0.3 is 9.47 Å². The van der Waals surface area contributed by atoms with Crippen LogP contribution in [0, 0.1) is 0 Å². The number of piperidine rings is 1. The molecule has 1 fully saturated rings. The standard InChI is InChI=1S/C24H29NO4/c1-3-28-23(27)24(21-12-8-5-9-13-21)14-16-25(17-15-24)18-22(29-19(2)26)20-10-6-4-7-11-20/h4-13,22H,3,14-18H2,1-2H3. The van der Waals surface area contributed by atoms with Crippen molar-refractivity contribution in [2.75, 3.05) is 26.2 Å². The van der Waals surface area contributed by atoms with Crippen LogP contribution < -0.4 is 0 Å². The van der Waals surface area contributed by atoms with Crippen LogP contribution in [-0.4, -0.2) is 43.1 Å². The molecule has 29 heavy (non-hydrogen) atoms. The summed E-state index contributed by atoms with van der Waals surface area (Å²) in [7, 11) is 0. The number of esters is 2. The van der Waals surface area contributed by atoms with Gasteiger partial charge in [-0.3, -0.25) is 14.5 Å². The van der Waals surface area contributed by atoms with Crippen LogP contribution in [0.4, 0.5) is 0 Å². The molecule has 154 valence electrons. The smallest absolute Gasteiger partial charge is 0.316 e. The van der Waals surface area contributed by atoms with E-state index in [0.717, 1.165) is 24.2 Å². The second-order valence-electron chi connectivity index (χ2n) is 7.48. The van der Waals surface area contributed by atoms with E-state index < -0.39 is 5.41 Å². The third-order valence-corrected chi connectivity index (χ3v) is 5.61. The maximum Gasteiger partial charge on any atom is 0.316 e. The molecule has 1 aliphatic rings. The Morgan fingerprint density at radius 2 is 1.59 bits per heavy atom. The molecule has 2 aromatic rings. The Bertz CT molecular complexity index is 798. The molecule has 0 bridgehead atoms. The third kappa shape index (κ3) is 5.04. The highest BCUT2D eigenvalue weighted by Crippen LogP contribution is 2.37. The molecule has 5 heteroatoms. The molecule has 0 saturated carbocycles. The van der Waals surface area contributed by atoms with Gasteiger partial charge in [0.2, 0.25) is 0 Å². The molecule has 0 radical (unpaired) electrons. The molecule has 1 atom stereocenters. The largest absolute Gasteiger partial charge is 0.465 e.